The molecule has 0 heterocycles. The van der Waals surface area contributed by atoms with Crippen molar-refractivity contribution in [3.05, 3.63) is 181 Å². The summed E-state index contributed by atoms with van der Waals surface area (Å²) in [5.41, 5.74) is 0. The molecule has 0 nitrogen and oxygen atoms in total. The second-order valence-electron chi connectivity index (χ2n) is 8.80. The van der Waals surface area contributed by atoms with E-state index >= 15 is 0 Å². The van der Waals surface area contributed by atoms with Crippen molar-refractivity contribution in [2.45, 2.75) is 0 Å². The first-order chi connectivity index (χ1) is 19.3. The Morgan fingerprint density at radius 2 is 0.550 bits per heavy atom. The maximum absolute atomic E-state index is 6.43. The molecule has 0 radical (unpaired) electrons. The third-order valence-corrected chi connectivity index (χ3v) is 11.6. The largest absolute Gasteiger partial charge is 0.0836 e. The van der Waals surface area contributed by atoms with Crippen LogP contribution in [0, 0.1) is 0 Å². The number of rotatable bonds is 6. The molecule has 0 atom stereocenters. The molecule has 0 unspecified atom stereocenters. The van der Waals surface area contributed by atoms with Gasteiger partial charge in [-0.05, 0) is 48.4 Å². The Labute approximate surface area is 259 Å². The van der Waals surface area contributed by atoms with Gasteiger partial charge in [-0.2, -0.15) is 0 Å². The van der Waals surface area contributed by atoms with E-state index in [0.717, 1.165) is 5.02 Å². The minimum Gasteiger partial charge on any atom is -0.0836 e. The molecular weight excluding hydrogens is 636 g/mol. The summed E-state index contributed by atoms with van der Waals surface area (Å²) < 4.78 is 0. The molecule has 0 fully saturated rings. The Morgan fingerprint density at radius 3 is 0.850 bits per heavy atom. The average Bonchev–Trinajstić information content (AvgIpc) is 3.02. The zero-order chi connectivity index (χ0) is 26.7. The van der Waals surface area contributed by atoms with Crippen LogP contribution in [0.5, 0.6) is 0 Å². The topological polar surface area (TPSA) is 0 Å². The van der Waals surface area contributed by atoms with Crippen LogP contribution in [0.25, 0.3) is 0 Å². The van der Waals surface area contributed by atoms with Gasteiger partial charge in [-0.15, -0.1) is 0 Å². The summed E-state index contributed by atoms with van der Waals surface area (Å²) in [6.07, 6.45) is 0. The van der Waals surface area contributed by atoms with Gasteiger partial charge in [-0.25, -0.2) is 0 Å². The van der Waals surface area contributed by atoms with Gasteiger partial charge in [0.25, 0.3) is 0 Å². The van der Waals surface area contributed by atoms with Crippen LogP contribution in [0.2, 0.25) is 5.02 Å². The predicted molar refractivity (Wildman–Crippen MR) is 175 cm³/mol. The summed E-state index contributed by atoms with van der Waals surface area (Å²) in [4.78, 5) is 0. The van der Waals surface area contributed by atoms with Crippen LogP contribution in [0.3, 0.4) is 0 Å². The Morgan fingerprint density at radius 1 is 0.300 bits per heavy atom. The quantitative estimate of drug-likeness (QED) is 0.128. The van der Waals surface area contributed by atoms with E-state index in [1.54, 1.807) is 0 Å². The van der Waals surface area contributed by atoms with Gasteiger partial charge >= 0.3 is 0 Å². The van der Waals surface area contributed by atoms with E-state index in [1.807, 2.05) is 12.1 Å². The molecule has 4 heteroatoms. The van der Waals surface area contributed by atoms with E-state index in [4.69, 9.17) is 11.6 Å². The van der Waals surface area contributed by atoms with Gasteiger partial charge in [0.2, 0.25) is 0 Å². The zero-order valence-electron chi connectivity index (χ0n) is 21.8. The van der Waals surface area contributed by atoms with Crippen LogP contribution in [0.15, 0.2) is 176 Å². The summed E-state index contributed by atoms with van der Waals surface area (Å²) in [5.74, 6) is 0. The van der Waals surface area contributed by atoms with E-state index in [0.29, 0.717) is 0 Å². The van der Waals surface area contributed by atoms with Crippen molar-refractivity contribution < 1.29 is 20.4 Å². The summed E-state index contributed by atoms with van der Waals surface area (Å²) in [7, 11) is -1.04. The first-order valence-electron chi connectivity index (χ1n) is 12.9. The summed E-state index contributed by atoms with van der Waals surface area (Å²) in [6, 6.07) is 61.7. The number of benzene rings is 6. The maximum atomic E-state index is 6.43. The summed E-state index contributed by atoms with van der Waals surface area (Å²) in [5, 5.41) is 8.89. The SMILES string of the molecule is Clc1ccccc1P(c1ccccc1)c1ccccc1.[Pd].c1ccc(P(c2ccccc2)c2ccccc2)cc1. The summed E-state index contributed by atoms with van der Waals surface area (Å²) >= 11 is 6.43. The molecule has 0 aliphatic rings. The van der Waals surface area contributed by atoms with Crippen LogP contribution >= 0.6 is 27.4 Å². The fourth-order valence-corrected chi connectivity index (χ4v) is 9.41. The van der Waals surface area contributed by atoms with Crippen LogP contribution < -0.4 is 31.8 Å². The molecule has 6 aromatic rings. The molecule has 0 saturated heterocycles. The molecule has 0 N–H and O–H groups in total. The smallest absolute Gasteiger partial charge is 0.0489 e. The van der Waals surface area contributed by atoms with Crippen LogP contribution in [-0.4, -0.2) is 0 Å². The molecule has 0 saturated carbocycles. The van der Waals surface area contributed by atoms with Crippen molar-refractivity contribution in [1.82, 2.24) is 0 Å². The van der Waals surface area contributed by atoms with E-state index in [2.05, 4.69) is 164 Å². The molecule has 6 aromatic carbocycles. The monoisotopic (exact) mass is 664 g/mol. The number of halogens is 1. The van der Waals surface area contributed by atoms with Crippen molar-refractivity contribution in [1.29, 1.82) is 0 Å². The first-order valence-corrected chi connectivity index (χ1v) is 16.0. The molecule has 0 bridgehead atoms. The Balaban J connectivity index is 0.000000181. The number of hydrogen-bond donors (Lipinski definition) is 0. The fourth-order valence-electron chi connectivity index (χ4n) is 4.39. The molecule has 0 amide bonds. The van der Waals surface area contributed by atoms with Crippen LogP contribution in [-0.2, 0) is 20.4 Å². The normalized spacial score (nSPS) is 10.4. The van der Waals surface area contributed by atoms with Crippen LogP contribution in [0.1, 0.15) is 0 Å². The fraction of sp³-hybridized carbons (Fsp3) is 0. The van der Waals surface area contributed by atoms with Gasteiger partial charge in [-0.1, -0.05) is 181 Å². The second-order valence-corrected chi connectivity index (χ2v) is 13.6. The van der Waals surface area contributed by atoms with Crippen molar-refractivity contribution >= 4 is 59.3 Å². The molecule has 0 aliphatic carbocycles. The standard InChI is InChI=1S/C18H14ClP.C18H15P.Pd/c19-17-13-7-8-14-18(17)20(15-9-3-1-4-10-15)16-11-5-2-6-12-16;1-4-10-16(11-5-1)19(17-12-6-2-7-13-17)18-14-8-3-9-15-18;/h1-14H;1-15H;. The van der Waals surface area contributed by atoms with E-state index in [1.165, 1.54) is 31.8 Å². The maximum Gasteiger partial charge on any atom is 0.0489 e. The molecule has 200 valence electrons. The molecule has 0 aromatic heterocycles. The number of hydrogen-bond acceptors (Lipinski definition) is 0. The molecule has 40 heavy (non-hydrogen) atoms. The Kier molecular flexibility index (Phi) is 11.9. The third kappa shape index (κ3) is 7.87. The third-order valence-electron chi connectivity index (χ3n) is 6.17. The van der Waals surface area contributed by atoms with Gasteiger partial charge in [-0.3, -0.25) is 0 Å². The summed E-state index contributed by atoms with van der Waals surface area (Å²) in [6.45, 7) is 0. The minimum absolute atomic E-state index is 0. The minimum atomic E-state index is -0.599. The van der Waals surface area contributed by atoms with Gasteiger partial charge in [0.1, 0.15) is 0 Å². The van der Waals surface area contributed by atoms with Crippen molar-refractivity contribution in [3.8, 4) is 0 Å². The average molecular weight is 665 g/mol. The van der Waals surface area contributed by atoms with E-state index in [-0.39, 0.29) is 20.4 Å². The molecule has 6 rings (SSSR count). The Bertz CT molecular complexity index is 1410. The van der Waals surface area contributed by atoms with E-state index in [9.17, 15) is 0 Å². The van der Waals surface area contributed by atoms with Gasteiger partial charge in [0.05, 0.1) is 0 Å². The van der Waals surface area contributed by atoms with Gasteiger partial charge in [0.15, 0.2) is 0 Å². The molecule has 0 aliphatic heterocycles. The molecule has 0 spiro atoms. The van der Waals surface area contributed by atoms with Gasteiger partial charge in [0, 0.05) is 30.7 Å². The second kappa shape index (κ2) is 15.8. The first kappa shape index (κ1) is 30.1. The van der Waals surface area contributed by atoms with Crippen molar-refractivity contribution in [2.75, 3.05) is 0 Å². The van der Waals surface area contributed by atoms with Gasteiger partial charge < -0.3 is 0 Å². The predicted octanol–water partition coefficient (Wildman–Crippen LogP) is 7.54. The van der Waals surface area contributed by atoms with Crippen molar-refractivity contribution in [3.63, 3.8) is 0 Å². The van der Waals surface area contributed by atoms with Crippen LogP contribution in [0.4, 0.5) is 0 Å². The Hall–Kier alpha value is -2.87. The molecular formula is C36H29ClP2Pd. The van der Waals surface area contributed by atoms with Crippen molar-refractivity contribution in [2.24, 2.45) is 0 Å². The zero-order valence-corrected chi connectivity index (χ0v) is 25.9. The van der Waals surface area contributed by atoms with E-state index < -0.39 is 15.8 Å².